The van der Waals surface area contributed by atoms with Crippen molar-refractivity contribution >= 4 is 11.8 Å². The van der Waals surface area contributed by atoms with E-state index in [-0.39, 0.29) is 23.9 Å². The van der Waals surface area contributed by atoms with E-state index in [1.165, 1.54) is 17.7 Å². The predicted octanol–water partition coefficient (Wildman–Crippen LogP) is 1.94. The van der Waals surface area contributed by atoms with Crippen LogP contribution in [-0.4, -0.2) is 34.8 Å². The summed E-state index contributed by atoms with van der Waals surface area (Å²) < 4.78 is 0. The first-order chi connectivity index (χ1) is 8.90. The van der Waals surface area contributed by atoms with Crippen molar-refractivity contribution in [2.45, 2.75) is 71.5 Å². The van der Waals surface area contributed by atoms with E-state index in [1.54, 1.807) is 0 Å². The van der Waals surface area contributed by atoms with E-state index in [9.17, 15) is 9.59 Å². The second kappa shape index (κ2) is 5.61. The standard InChI is InChI=1S/C15H26N2O2/c1-9(2)17-14(18)8-13(15(17)19)16-12-6-5-10(3)7-11(12)4/h9-13,16H,5-8H2,1-4H3/t10-,11+,12+,13+/m1/s1. The molecule has 4 heteroatoms. The Labute approximate surface area is 115 Å². The highest BCUT2D eigenvalue weighted by atomic mass is 16.2. The van der Waals surface area contributed by atoms with Crippen LogP contribution < -0.4 is 5.32 Å². The van der Waals surface area contributed by atoms with Crippen LogP contribution in [0.4, 0.5) is 0 Å². The van der Waals surface area contributed by atoms with E-state index < -0.39 is 0 Å². The number of hydrogen-bond donors (Lipinski definition) is 1. The molecule has 1 saturated heterocycles. The molecule has 2 amide bonds. The number of carbonyl (C=O) groups is 2. The Balaban J connectivity index is 1.97. The minimum absolute atomic E-state index is 0.0319. The van der Waals surface area contributed by atoms with Crippen LogP contribution in [0.25, 0.3) is 0 Å². The third-order valence-corrected chi connectivity index (χ3v) is 4.55. The number of likely N-dealkylation sites (tertiary alicyclic amines) is 1. The quantitative estimate of drug-likeness (QED) is 0.794. The summed E-state index contributed by atoms with van der Waals surface area (Å²) in [5, 5.41) is 3.44. The molecule has 1 N–H and O–H groups in total. The number of hydrogen-bond acceptors (Lipinski definition) is 3. The van der Waals surface area contributed by atoms with Crippen LogP contribution in [-0.2, 0) is 9.59 Å². The van der Waals surface area contributed by atoms with Crippen LogP contribution in [0, 0.1) is 11.8 Å². The molecule has 1 saturated carbocycles. The highest BCUT2D eigenvalue weighted by molar-refractivity contribution is 6.05. The van der Waals surface area contributed by atoms with E-state index in [2.05, 4.69) is 19.2 Å². The van der Waals surface area contributed by atoms with E-state index >= 15 is 0 Å². The second-order valence-corrected chi connectivity index (χ2v) is 6.62. The average molecular weight is 266 g/mol. The Bertz CT molecular complexity index is 367. The van der Waals surface area contributed by atoms with Gasteiger partial charge in [0.25, 0.3) is 0 Å². The lowest BCUT2D eigenvalue weighted by Gasteiger charge is -2.34. The summed E-state index contributed by atoms with van der Waals surface area (Å²) in [5.74, 6) is 1.29. The van der Waals surface area contributed by atoms with Gasteiger partial charge < -0.3 is 5.32 Å². The number of imide groups is 1. The Kier molecular flexibility index (Phi) is 4.29. The molecular weight excluding hydrogens is 240 g/mol. The van der Waals surface area contributed by atoms with Gasteiger partial charge in [-0.05, 0) is 44.9 Å². The Morgan fingerprint density at radius 3 is 2.42 bits per heavy atom. The van der Waals surface area contributed by atoms with Crippen LogP contribution in [0.3, 0.4) is 0 Å². The van der Waals surface area contributed by atoms with Crippen molar-refractivity contribution in [1.29, 1.82) is 0 Å². The molecule has 0 unspecified atom stereocenters. The zero-order valence-corrected chi connectivity index (χ0v) is 12.5. The summed E-state index contributed by atoms with van der Waals surface area (Å²) in [5.41, 5.74) is 0. The summed E-state index contributed by atoms with van der Waals surface area (Å²) in [6, 6.07) is 0.0522. The minimum Gasteiger partial charge on any atom is -0.302 e. The lowest BCUT2D eigenvalue weighted by atomic mass is 9.79. The van der Waals surface area contributed by atoms with Crippen molar-refractivity contribution in [2.75, 3.05) is 0 Å². The van der Waals surface area contributed by atoms with Gasteiger partial charge in [0.2, 0.25) is 11.8 Å². The molecule has 0 bridgehead atoms. The highest BCUT2D eigenvalue weighted by Gasteiger charge is 2.41. The van der Waals surface area contributed by atoms with E-state index in [0.29, 0.717) is 18.4 Å². The van der Waals surface area contributed by atoms with Gasteiger partial charge in [-0.15, -0.1) is 0 Å². The molecule has 0 aromatic rings. The van der Waals surface area contributed by atoms with E-state index in [0.717, 1.165) is 12.3 Å². The fraction of sp³-hybridized carbons (Fsp3) is 0.867. The molecule has 2 fully saturated rings. The number of nitrogens with one attached hydrogen (secondary N) is 1. The van der Waals surface area contributed by atoms with Crippen LogP contribution in [0.1, 0.15) is 53.4 Å². The maximum Gasteiger partial charge on any atom is 0.247 e. The van der Waals surface area contributed by atoms with Gasteiger partial charge in [-0.25, -0.2) is 0 Å². The zero-order chi connectivity index (χ0) is 14.2. The molecule has 2 rings (SSSR count). The SMILES string of the molecule is CC(C)N1C(=O)C[C@H](N[C@H]2CC[C@@H](C)C[C@@H]2C)C1=O. The topological polar surface area (TPSA) is 49.4 Å². The molecule has 1 aliphatic carbocycles. The van der Waals surface area contributed by atoms with Crippen molar-refractivity contribution < 1.29 is 9.59 Å². The van der Waals surface area contributed by atoms with Gasteiger partial charge in [0.05, 0.1) is 12.5 Å². The molecule has 0 radical (unpaired) electrons. The molecule has 1 aliphatic heterocycles. The molecule has 0 aromatic carbocycles. The van der Waals surface area contributed by atoms with Crippen molar-refractivity contribution in [3.8, 4) is 0 Å². The van der Waals surface area contributed by atoms with Crippen molar-refractivity contribution in [1.82, 2.24) is 10.2 Å². The van der Waals surface area contributed by atoms with Gasteiger partial charge in [-0.3, -0.25) is 14.5 Å². The van der Waals surface area contributed by atoms with E-state index in [4.69, 9.17) is 0 Å². The van der Waals surface area contributed by atoms with Gasteiger partial charge in [0.15, 0.2) is 0 Å². The molecule has 2 aliphatic rings. The number of carbonyl (C=O) groups excluding carboxylic acids is 2. The summed E-state index contributed by atoms with van der Waals surface area (Å²) >= 11 is 0. The van der Waals surface area contributed by atoms with Gasteiger partial charge in [-0.1, -0.05) is 13.8 Å². The van der Waals surface area contributed by atoms with Crippen LogP contribution in [0.15, 0.2) is 0 Å². The Hall–Kier alpha value is -0.900. The number of amides is 2. The molecule has 1 heterocycles. The summed E-state index contributed by atoms with van der Waals surface area (Å²) in [6.45, 7) is 8.32. The minimum atomic E-state index is -0.296. The number of nitrogens with zero attached hydrogens (tertiary/aromatic N) is 1. The number of rotatable bonds is 3. The second-order valence-electron chi connectivity index (χ2n) is 6.62. The maximum atomic E-state index is 12.2. The summed E-state index contributed by atoms with van der Waals surface area (Å²) in [4.78, 5) is 25.5. The summed E-state index contributed by atoms with van der Waals surface area (Å²) in [6.07, 6.45) is 3.86. The van der Waals surface area contributed by atoms with Crippen LogP contribution >= 0.6 is 0 Å². The largest absolute Gasteiger partial charge is 0.302 e. The average Bonchev–Trinajstić information content (AvgIpc) is 2.58. The van der Waals surface area contributed by atoms with Crippen LogP contribution in [0.5, 0.6) is 0 Å². The fourth-order valence-electron chi connectivity index (χ4n) is 3.50. The first-order valence-corrected chi connectivity index (χ1v) is 7.52. The molecule has 4 atom stereocenters. The lowest BCUT2D eigenvalue weighted by molar-refractivity contribution is -0.140. The van der Waals surface area contributed by atoms with Gasteiger partial charge in [-0.2, -0.15) is 0 Å². The third kappa shape index (κ3) is 2.99. The van der Waals surface area contributed by atoms with Gasteiger partial charge in [0, 0.05) is 12.1 Å². The fourth-order valence-corrected chi connectivity index (χ4v) is 3.50. The molecule has 0 aromatic heterocycles. The van der Waals surface area contributed by atoms with Gasteiger partial charge >= 0.3 is 0 Å². The van der Waals surface area contributed by atoms with Crippen molar-refractivity contribution in [2.24, 2.45) is 11.8 Å². The maximum absolute atomic E-state index is 12.2. The zero-order valence-electron chi connectivity index (χ0n) is 12.5. The molecule has 4 nitrogen and oxygen atoms in total. The Morgan fingerprint density at radius 2 is 1.89 bits per heavy atom. The van der Waals surface area contributed by atoms with Crippen molar-refractivity contribution in [3.63, 3.8) is 0 Å². The Morgan fingerprint density at radius 1 is 1.21 bits per heavy atom. The predicted molar refractivity (Wildman–Crippen MR) is 74.5 cm³/mol. The highest BCUT2D eigenvalue weighted by Crippen LogP contribution is 2.29. The monoisotopic (exact) mass is 266 g/mol. The first-order valence-electron chi connectivity index (χ1n) is 7.52. The lowest BCUT2D eigenvalue weighted by Crippen LogP contribution is -2.48. The van der Waals surface area contributed by atoms with Crippen LogP contribution in [0.2, 0.25) is 0 Å². The van der Waals surface area contributed by atoms with Gasteiger partial charge in [0.1, 0.15) is 0 Å². The summed E-state index contributed by atoms with van der Waals surface area (Å²) in [7, 11) is 0. The molecular formula is C15H26N2O2. The smallest absolute Gasteiger partial charge is 0.247 e. The van der Waals surface area contributed by atoms with Crippen molar-refractivity contribution in [3.05, 3.63) is 0 Å². The molecule has 19 heavy (non-hydrogen) atoms. The first kappa shape index (κ1) is 14.5. The third-order valence-electron chi connectivity index (χ3n) is 4.55. The molecule has 0 spiro atoms. The molecule has 108 valence electrons. The van der Waals surface area contributed by atoms with E-state index in [1.807, 2.05) is 13.8 Å². The normalized spacial score (nSPS) is 36.4.